The highest BCUT2D eigenvalue weighted by Crippen LogP contribution is 2.34. The molecule has 0 radical (unpaired) electrons. The van der Waals surface area contributed by atoms with E-state index in [0.29, 0.717) is 31.4 Å². The number of aliphatic carboxylic acids is 1. The first-order valence-corrected chi connectivity index (χ1v) is 11.1. The minimum Gasteiger partial charge on any atom is -0.481 e. The summed E-state index contributed by atoms with van der Waals surface area (Å²) in [7, 11) is 0. The van der Waals surface area contributed by atoms with E-state index in [1.165, 1.54) is 11.3 Å². The highest BCUT2D eigenvalue weighted by molar-refractivity contribution is 7.21. The van der Waals surface area contributed by atoms with E-state index in [1.807, 2.05) is 19.1 Å². The summed E-state index contributed by atoms with van der Waals surface area (Å²) < 4.78 is 2.71. The number of rotatable bonds is 7. The lowest BCUT2D eigenvalue weighted by Crippen LogP contribution is -2.09. The number of Topliss-reactive ketones (excluding diaryl/α,β-unsaturated/α-hetero) is 2. The Hall–Kier alpha value is -2.67. The maximum atomic E-state index is 13.2. The van der Waals surface area contributed by atoms with Crippen molar-refractivity contribution in [1.29, 1.82) is 0 Å². The van der Waals surface area contributed by atoms with E-state index in [1.54, 1.807) is 35.0 Å². The highest BCUT2D eigenvalue weighted by Gasteiger charge is 2.20. The molecule has 0 aliphatic carbocycles. The van der Waals surface area contributed by atoms with E-state index in [4.69, 9.17) is 28.3 Å². The van der Waals surface area contributed by atoms with Crippen LogP contribution in [-0.4, -0.2) is 27.2 Å². The lowest BCUT2D eigenvalue weighted by molar-refractivity contribution is -0.136. The maximum absolute atomic E-state index is 13.2. The second-order valence-corrected chi connectivity index (χ2v) is 9.19. The molecule has 0 amide bonds. The molecular formula is C23H17Cl2NO4S. The largest absolute Gasteiger partial charge is 0.481 e. The molecule has 0 fully saturated rings. The summed E-state index contributed by atoms with van der Waals surface area (Å²) in [4.78, 5) is 37.3. The van der Waals surface area contributed by atoms with E-state index in [9.17, 15) is 14.4 Å². The van der Waals surface area contributed by atoms with Crippen molar-refractivity contribution in [2.75, 3.05) is 0 Å². The van der Waals surface area contributed by atoms with Gasteiger partial charge in [-0.3, -0.25) is 14.4 Å². The Kier molecular flexibility index (Phi) is 5.88. The van der Waals surface area contributed by atoms with Crippen LogP contribution in [0.1, 0.15) is 38.4 Å². The second kappa shape index (κ2) is 8.46. The van der Waals surface area contributed by atoms with Crippen LogP contribution in [0.15, 0.2) is 42.6 Å². The number of carboxylic acids is 1. The Morgan fingerprint density at radius 3 is 2.35 bits per heavy atom. The van der Waals surface area contributed by atoms with Crippen molar-refractivity contribution in [3.05, 3.63) is 68.6 Å². The number of aromatic nitrogens is 1. The zero-order valence-electron chi connectivity index (χ0n) is 16.4. The molecule has 4 rings (SSSR count). The number of thiophene rings is 1. The number of nitrogens with zero attached hydrogens (tertiary/aromatic N) is 1. The van der Waals surface area contributed by atoms with Gasteiger partial charge in [0.2, 0.25) is 0 Å². The van der Waals surface area contributed by atoms with Gasteiger partial charge in [0.05, 0.1) is 17.8 Å². The summed E-state index contributed by atoms with van der Waals surface area (Å²) in [6, 6.07) is 10.7. The normalized spacial score (nSPS) is 11.3. The van der Waals surface area contributed by atoms with E-state index in [2.05, 4.69) is 0 Å². The molecular weight excluding hydrogens is 457 g/mol. The summed E-state index contributed by atoms with van der Waals surface area (Å²) in [6.45, 7) is 1.95. The van der Waals surface area contributed by atoms with Crippen LogP contribution in [0.4, 0.5) is 0 Å². The Labute approximate surface area is 191 Å². The molecule has 0 bridgehead atoms. The van der Waals surface area contributed by atoms with Gasteiger partial charge in [0.15, 0.2) is 11.6 Å². The van der Waals surface area contributed by atoms with Crippen LogP contribution >= 0.6 is 34.5 Å². The molecule has 0 atom stereocenters. The fourth-order valence-corrected chi connectivity index (χ4v) is 5.13. The molecule has 158 valence electrons. The van der Waals surface area contributed by atoms with Gasteiger partial charge in [-0.1, -0.05) is 23.2 Å². The first kappa shape index (κ1) is 21.6. The number of aryl methyl sites for hydroxylation is 1. The zero-order chi connectivity index (χ0) is 22.3. The van der Waals surface area contributed by atoms with Crippen LogP contribution in [0.3, 0.4) is 0 Å². The van der Waals surface area contributed by atoms with Crippen molar-refractivity contribution in [2.24, 2.45) is 0 Å². The molecule has 2 aromatic carbocycles. The Morgan fingerprint density at radius 1 is 0.968 bits per heavy atom. The van der Waals surface area contributed by atoms with Gasteiger partial charge in [-0.15, -0.1) is 11.3 Å². The third kappa shape index (κ3) is 4.24. The first-order valence-electron chi connectivity index (χ1n) is 9.50. The Balaban J connectivity index is 1.71. The fourth-order valence-electron chi connectivity index (χ4n) is 3.66. The lowest BCUT2D eigenvalue weighted by Gasteiger charge is -2.04. The SMILES string of the molecule is Cc1c(C(=O)Cn2cc(C(=O)CCC(=O)O)c3cc(Cl)ccc32)sc2ccc(Cl)cc12. The van der Waals surface area contributed by atoms with E-state index in [-0.39, 0.29) is 31.0 Å². The summed E-state index contributed by atoms with van der Waals surface area (Å²) in [5, 5.41) is 11.5. The Bertz CT molecular complexity index is 1370. The topological polar surface area (TPSA) is 76.4 Å². The van der Waals surface area contributed by atoms with Crippen molar-refractivity contribution in [3.63, 3.8) is 0 Å². The monoisotopic (exact) mass is 473 g/mol. The van der Waals surface area contributed by atoms with Gasteiger partial charge in [0.25, 0.3) is 0 Å². The third-order valence-electron chi connectivity index (χ3n) is 5.17. The van der Waals surface area contributed by atoms with E-state index < -0.39 is 5.97 Å². The van der Waals surface area contributed by atoms with Gasteiger partial charge < -0.3 is 9.67 Å². The van der Waals surface area contributed by atoms with Crippen LogP contribution in [0.25, 0.3) is 21.0 Å². The molecule has 31 heavy (non-hydrogen) atoms. The summed E-state index contributed by atoms with van der Waals surface area (Å²) in [5.41, 5.74) is 1.94. The third-order valence-corrected chi connectivity index (χ3v) is 6.96. The van der Waals surface area contributed by atoms with E-state index >= 15 is 0 Å². The molecule has 4 aromatic rings. The summed E-state index contributed by atoms with van der Waals surface area (Å²) >= 11 is 13.6. The van der Waals surface area contributed by atoms with Crippen molar-refractivity contribution in [3.8, 4) is 0 Å². The number of carbonyl (C=O) groups excluding carboxylic acids is 2. The predicted octanol–water partition coefficient (Wildman–Crippen LogP) is 6.40. The van der Waals surface area contributed by atoms with Gasteiger partial charge in [0, 0.05) is 43.8 Å². The number of fused-ring (bicyclic) bond motifs is 2. The number of carbonyl (C=O) groups is 3. The Morgan fingerprint density at radius 2 is 1.65 bits per heavy atom. The molecule has 2 heterocycles. The minimum atomic E-state index is -1.04. The van der Waals surface area contributed by atoms with Crippen LogP contribution in [0, 0.1) is 6.92 Å². The number of benzene rings is 2. The molecule has 0 aliphatic rings. The number of halogens is 2. The van der Waals surface area contributed by atoms with Crippen molar-refractivity contribution in [1.82, 2.24) is 4.57 Å². The summed E-state index contributed by atoms with van der Waals surface area (Å²) in [6.07, 6.45) is 1.24. The molecule has 0 unspecified atom stereocenters. The van der Waals surface area contributed by atoms with Gasteiger partial charge in [-0.2, -0.15) is 0 Å². The van der Waals surface area contributed by atoms with Crippen LogP contribution in [0.5, 0.6) is 0 Å². The number of carboxylic acid groups (broad SMARTS) is 1. The average Bonchev–Trinajstić information content (AvgIpc) is 3.24. The number of hydrogen-bond acceptors (Lipinski definition) is 4. The standard InChI is InChI=1S/C23H17Cl2NO4S/c1-12-15-8-14(25)3-6-21(15)31-23(12)20(28)11-26-10-17(19(27)5-7-22(29)30)16-9-13(24)2-4-18(16)26/h2-4,6,8-10H,5,7,11H2,1H3,(H,29,30). The molecule has 5 nitrogen and oxygen atoms in total. The molecule has 0 saturated carbocycles. The predicted molar refractivity (Wildman–Crippen MR) is 124 cm³/mol. The minimum absolute atomic E-state index is 0.0474. The van der Waals surface area contributed by atoms with Crippen molar-refractivity contribution in [2.45, 2.75) is 26.3 Å². The maximum Gasteiger partial charge on any atom is 0.303 e. The second-order valence-electron chi connectivity index (χ2n) is 7.27. The van der Waals surface area contributed by atoms with Gasteiger partial charge in [-0.05, 0) is 54.3 Å². The van der Waals surface area contributed by atoms with Crippen LogP contribution in [-0.2, 0) is 11.3 Å². The fraction of sp³-hybridized carbons (Fsp3) is 0.174. The van der Waals surface area contributed by atoms with Gasteiger partial charge in [-0.25, -0.2) is 0 Å². The smallest absolute Gasteiger partial charge is 0.303 e. The van der Waals surface area contributed by atoms with Crippen molar-refractivity contribution >= 4 is 73.1 Å². The van der Waals surface area contributed by atoms with Gasteiger partial charge in [0.1, 0.15) is 0 Å². The van der Waals surface area contributed by atoms with Gasteiger partial charge >= 0.3 is 5.97 Å². The molecule has 0 aliphatic heterocycles. The first-order chi connectivity index (χ1) is 14.7. The number of hydrogen-bond donors (Lipinski definition) is 1. The van der Waals surface area contributed by atoms with Crippen molar-refractivity contribution < 1.29 is 19.5 Å². The quantitative estimate of drug-likeness (QED) is 0.315. The van der Waals surface area contributed by atoms with Crippen LogP contribution < -0.4 is 0 Å². The molecule has 8 heteroatoms. The lowest BCUT2D eigenvalue weighted by atomic mass is 10.1. The molecule has 0 saturated heterocycles. The average molecular weight is 474 g/mol. The van der Waals surface area contributed by atoms with Crippen LogP contribution in [0.2, 0.25) is 10.0 Å². The summed E-state index contributed by atoms with van der Waals surface area (Å²) in [5.74, 6) is -1.41. The molecule has 1 N–H and O–H groups in total. The zero-order valence-corrected chi connectivity index (χ0v) is 18.8. The number of ketones is 2. The highest BCUT2D eigenvalue weighted by atomic mass is 35.5. The molecule has 0 spiro atoms. The van der Waals surface area contributed by atoms with E-state index in [0.717, 1.165) is 15.6 Å². The molecule has 2 aromatic heterocycles.